The maximum Gasteiger partial charge on any atom is 0.303 e. The lowest BCUT2D eigenvalue weighted by molar-refractivity contribution is -0.311. The number of carbonyl (C=O) groups is 4. The lowest BCUT2D eigenvalue weighted by Gasteiger charge is -2.64. The molecule has 0 amide bonds. The van der Waals surface area contributed by atoms with Crippen molar-refractivity contribution in [3.05, 3.63) is 11.6 Å². The predicted molar refractivity (Wildman–Crippen MR) is 197 cm³/mol. The third-order valence-corrected chi connectivity index (χ3v) is 15.7. The van der Waals surface area contributed by atoms with E-state index < -0.39 is 42.5 Å². The van der Waals surface area contributed by atoms with Gasteiger partial charge in [-0.25, -0.2) is 0 Å². The van der Waals surface area contributed by atoms with Crippen LogP contribution in [0, 0.1) is 50.7 Å². The second-order valence-corrected chi connectivity index (χ2v) is 19.6. The van der Waals surface area contributed by atoms with Crippen molar-refractivity contribution >= 4 is 23.9 Å². The zero-order chi connectivity index (χ0) is 38.9. The van der Waals surface area contributed by atoms with Gasteiger partial charge in [0.05, 0.1) is 12.7 Å². The van der Waals surface area contributed by atoms with Gasteiger partial charge in [-0.1, -0.05) is 60.1 Å². The topological polar surface area (TPSA) is 124 Å². The smallest absolute Gasteiger partial charge is 0.303 e. The Kier molecular flexibility index (Phi) is 10.8. The van der Waals surface area contributed by atoms with Gasteiger partial charge in [-0.05, 0) is 110 Å². The third kappa shape index (κ3) is 7.10. The molecule has 0 aromatic heterocycles. The van der Waals surface area contributed by atoms with Gasteiger partial charge in [0.1, 0.15) is 6.10 Å². The highest BCUT2D eigenvalue weighted by Gasteiger charge is 2.64. The number of rotatable bonds is 6. The molecule has 10 nitrogen and oxygen atoms in total. The van der Waals surface area contributed by atoms with Gasteiger partial charge in [0.2, 0.25) is 0 Å². The highest BCUT2D eigenvalue weighted by Crippen LogP contribution is 2.70. The monoisotopic (exact) mass is 742 g/mol. The first-order valence-electron chi connectivity index (χ1n) is 20.3. The average Bonchev–Trinajstić information content (AvgIpc) is 3.19. The molecule has 0 aromatic carbocycles. The highest BCUT2D eigenvalue weighted by molar-refractivity contribution is 5.68. The minimum atomic E-state index is -1.09. The molecule has 1 aliphatic heterocycles. The molecule has 298 valence electrons. The molecule has 5 aliphatic carbocycles. The van der Waals surface area contributed by atoms with Crippen LogP contribution in [0.25, 0.3) is 0 Å². The van der Waals surface area contributed by atoms with Crippen LogP contribution in [0.4, 0.5) is 0 Å². The number of allylic oxidation sites excluding steroid dienone is 2. The Morgan fingerprint density at radius 3 is 1.85 bits per heavy atom. The summed E-state index contributed by atoms with van der Waals surface area (Å²) in [4.78, 5) is 48.5. The maximum atomic E-state index is 12.3. The molecule has 6 aliphatic rings. The van der Waals surface area contributed by atoms with Crippen molar-refractivity contribution in [2.24, 2.45) is 50.7 Å². The van der Waals surface area contributed by atoms with Crippen molar-refractivity contribution < 1.29 is 47.6 Å². The Labute approximate surface area is 317 Å². The zero-order valence-corrected chi connectivity index (χ0v) is 34.2. The maximum absolute atomic E-state index is 12.3. The number of esters is 4. The van der Waals surface area contributed by atoms with Crippen LogP contribution in [0.15, 0.2) is 11.6 Å². The fraction of sp³-hybridized carbons (Fsp3) is 0.860. The van der Waals surface area contributed by atoms with Gasteiger partial charge in [0, 0.05) is 33.1 Å². The Morgan fingerprint density at radius 1 is 0.623 bits per heavy atom. The van der Waals surface area contributed by atoms with E-state index in [-0.39, 0.29) is 51.9 Å². The normalized spacial score (nSPS) is 44.2. The van der Waals surface area contributed by atoms with Gasteiger partial charge >= 0.3 is 23.9 Å². The van der Waals surface area contributed by atoms with E-state index in [4.69, 9.17) is 28.4 Å². The lowest BCUT2D eigenvalue weighted by Crippen LogP contribution is -2.62. The van der Waals surface area contributed by atoms with Gasteiger partial charge < -0.3 is 28.4 Å². The van der Waals surface area contributed by atoms with Gasteiger partial charge in [-0.15, -0.1) is 0 Å². The predicted octanol–water partition coefficient (Wildman–Crippen LogP) is 7.89. The van der Waals surface area contributed by atoms with E-state index in [2.05, 4.69) is 54.5 Å². The molecule has 0 radical (unpaired) electrons. The highest BCUT2D eigenvalue weighted by atomic mass is 16.7. The molecule has 6 rings (SSSR count). The third-order valence-electron chi connectivity index (χ3n) is 15.7. The Morgan fingerprint density at radius 2 is 1.21 bits per heavy atom. The number of fused-ring (bicyclic) bond motifs is 6. The quantitative estimate of drug-likeness (QED) is 0.115. The minimum Gasteiger partial charge on any atom is -0.462 e. The molecule has 1 saturated heterocycles. The average molecular weight is 743 g/mol. The van der Waals surface area contributed by atoms with E-state index in [1.165, 1.54) is 40.5 Å². The molecule has 4 saturated carbocycles. The zero-order valence-electron chi connectivity index (χ0n) is 34.2. The summed E-state index contributed by atoms with van der Waals surface area (Å²) in [6, 6.07) is 0. The molecule has 0 bridgehead atoms. The van der Waals surface area contributed by atoms with Gasteiger partial charge in [-0.2, -0.15) is 0 Å². The molecule has 53 heavy (non-hydrogen) atoms. The molecule has 0 spiro atoms. The number of hydrogen-bond donors (Lipinski definition) is 0. The molecule has 13 unspecified atom stereocenters. The first-order chi connectivity index (χ1) is 24.6. The van der Waals surface area contributed by atoms with E-state index in [1.807, 2.05) is 0 Å². The van der Waals surface area contributed by atoms with Crippen LogP contribution in [0.5, 0.6) is 0 Å². The van der Waals surface area contributed by atoms with Crippen molar-refractivity contribution in [1.82, 2.24) is 0 Å². The van der Waals surface area contributed by atoms with Crippen molar-refractivity contribution in [1.29, 1.82) is 0 Å². The summed E-state index contributed by atoms with van der Waals surface area (Å²) in [5.74, 6) is 0.0937. The first-order valence-corrected chi connectivity index (χ1v) is 20.3. The molecule has 1 heterocycles. The molecule has 5 fully saturated rings. The van der Waals surface area contributed by atoms with E-state index in [1.54, 1.807) is 5.57 Å². The largest absolute Gasteiger partial charge is 0.462 e. The van der Waals surface area contributed by atoms with Crippen molar-refractivity contribution in [2.45, 2.75) is 177 Å². The molecule has 13 atom stereocenters. The Balaban J connectivity index is 1.22. The SMILES string of the molecule is CC(=O)OC1COC(OC2CCC3(C)C4CCC5C(=CCC6C(C)(C)C(OC(C)=O)CCC56C)CC4(C)CCC3C2(C)C)C(OC(C)=O)C1OC(C)=O. The molecular formula is C43H66O10. The summed E-state index contributed by atoms with van der Waals surface area (Å²) in [7, 11) is 0. The van der Waals surface area contributed by atoms with Crippen molar-refractivity contribution in [3.8, 4) is 0 Å². The van der Waals surface area contributed by atoms with Crippen LogP contribution < -0.4 is 0 Å². The number of carbonyl (C=O) groups excluding carboxylic acids is 4. The van der Waals surface area contributed by atoms with Crippen LogP contribution in [0.3, 0.4) is 0 Å². The fourth-order valence-electron chi connectivity index (χ4n) is 13.6. The van der Waals surface area contributed by atoms with Crippen molar-refractivity contribution in [2.75, 3.05) is 6.61 Å². The fourth-order valence-corrected chi connectivity index (χ4v) is 13.6. The van der Waals surface area contributed by atoms with Crippen LogP contribution in [0.2, 0.25) is 0 Å². The van der Waals surface area contributed by atoms with Crippen molar-refractivity contribution in [3.63, 3.8) is 0 Å². The summed E-state index contributed by atoms with van der Waals surface area (Å²) in [6.07, 6.45) is 9.02. The second-order valence-electron chi connectivity index (χ2n) is 19.6. The first kappa shape index (κ1) is 40.2. The lowest BCUT2D eigenvalue weighted by atomic mass is 9.42. The van der Waals surface area contributed by atoms with E-state index in [9.17, 15) is 19.2 Å². The Bertz CT molecular complexity index is 1480. The second kappa shape index (κ2) is 14.2. The summed E-state index contributed by atoms with van der Waals surface area (Å²) in [6.45, 7) is 22.3. The van der Waals surface area contributed by atoms with Gasteiger partial charge in [-0.3, -0.25) is 19.2 Å². The van der Waals surface area contributed by atoms with Gasteiger partial charge in [0.25, 0.3) is 0 Å². The molecule has 10 heteroatoms. The molecular weight excluding hydrogens is 676 g/mol. The Hall–Kier alpha value is -2.46. The number of hydrogen-bond acceptors (Lipinski definition) is 10. The minimum absolute atomic E-state index is 0.0376. The summed E-state index contributed by atoms with van der Waals surface area (Å²) >= 11 is 0. The van der Waals surface area contributed by atoms with Crippen LogP contribution in [-0.4, -0.2) is 67.3 Å². The summed E-state index contributed by atoms with van der Waals surface area (Å²) < 4.78 is 35.7. The molecule has 0 N–H and O–H groups in total. The van der Waals surface area contributed by atoms with Crippen LogP contribution >= 0.6 is 0 Å². The van der Waals surface area contributed by atoms with Crippen LogP contribution in [-0.2, 0) is 47.6 Å². The summed E-state index contributed by atoms with van der Waals surface area (Å²) in [5, 5.41) is 0. The van der Waals surface area contributed by atoms with E-state index in [0.29, 0.717) is 23.7 Å². The number of ether oxygens (including phenoxy) is 6. The van der Waals surface area contributed by atoms with E-state index >= 15 is 0 Å². The molecule has 0 aromatic rings. The van der Waals surface area contributed by atoms with Gasteiger partial charge in [0.15, 0.2) is 24.6 Å². The van der Waals surface area contributed by atoms with E-state index in [0.717, 1.165) is 51.4 Å². The standard InChI is InChI=1S/C43H66O10/c1-24(44)49-30-23-48-38(37(52-27(4)47)36(30)51-26(3)46)53-35-18-21-43(11)32(40(35,7)8)16-19-41(9)22-28-12-14-31-39(5,6)34(50-25(2)45)17-20-42(31,10)29(28)13-15-33(41)43/h12,29-38H,13-23H2,1-11H3. The van der Waals surface area contributed by atoms with Crippen LogP contribution in [0.1, 0.15) is 140 Å². The summed E-state index contributed by atoms with van der Waals surface area (Å²) in [5.41, 5.74) is 1.86.